The SMILES string of the molecule is Br.COc1ccc(-c2csc(C3CCNCC3)n2)c(OC)c1. The molecule has 1 aliphatic rings. The minimum atomic E-state index is 0. The van der Waals surface area contributed by atoms with Crippen LogP contribution in [0, 0.1) is 0 Å². The van der Waals surface area contributed by atoms with Gasteiger partial charge in [-0.3, -0.25) is 0 Å². The molecule has 0 unspecified atom stereocenters. The van der Waals surface area contributed by atoms with Crippen molar-refractivity contribution in [1.82, 2.24) is 10.3 Å². The van der Waals surface area contributed by atoms with Gasteiger partial charge in [0.25, 0.3) is 0 Å². The topological polar surface area (TPSA) is 43.4 Å². The van der Waals surface area contributed by atoms with Crippen molar-refractivity contribution in [2.75, 3.05) is 27.3 Å². The molecule has 3 rings (SSSR count). The maximum absolute atomic E-state index is 5.47. The number of halogens is 1. The second kappa shape index (κ2) is 7.94. The van der Waals surface area contributed by atoms with Crippen LogP contribution in [0.3, 0.4) is 0 Å². The highest BCUT2D eigenvalue weighted by Crippen LogP contribution is 2.36. The van der Waals surface area contributed by atoms with Crippen molar-refractivity contribution in [3.63, 3.8) is 0 Å². The second-order valence-electron chi connectivity index (χ2n) is 5.16. The second-order valence-corrected chi connectivity index (χ2v) is 6.05. The number of benzene rings is 1. The number of piperidine rings is 1. The Labute approximate surface area is 145 Å². The number of nitrogens with one attached hydrogen (secondary N) is 1. The number of hydrogen-bond donors (Lipinski definition) is 1. The third-order valence-corrected chi connectivity index (χ3v) is 4.90. The molecule has 1 aliphatic heterocycles. The van der Waals surface area contributed by atoms with E-state index < -0.39 is 0 Å². The molecule has 2 heterocycles. The van der Waals surface area contributed by atoms with Gasteiger partial charge in [-0.15, -0.1) is 28.3 Å². The highest BCUT2D eigenvalue weighted by molar-refractivity contribution is 8.93. The number of aromatic nitrogens is 1. The van der Waals surface area contributed by atoms with Gasteiger partial charge in [-0.05, 0) is 38.1 Å². The fourth-order valence-electron chi connectivity index (χ4n) is 2.68. The van der Waals surface area contributed by atoms with Crippen LogP contribution in [0.5, 0.6) is 11.5 Å². The Morgan fingerprint density at radius 2 is 1.95 bits per heavy atom. The zero-order valence-corrected chi connectivity index (χ0v) is 15.3. The first kappa shape index (κ1) is 17.2. The highest BCUT2D eigenvalue weighted by Gasteiger charge is 2.19. The molecule has 1 N–H and O–H groups in total. The van der Waals surface area contributed by atoms with Gasteiger partial charge in [-0.2, -0.15) is 0 Å². The van der Waals surface area contributed by atoms with Gasteiger partial charge in [0, 0.05) is 22.9 Å². The lowest BCUT2D eigenvalue weighted by atomic mass is 9.99. The molecule has 0 atom stereocenters. The number of hydrogen-bond acceptors (Lipinski definition) is 5. The first-order valence-electron chi connectivity index (χ1n) is 7.20. The quantitative estimate of drug-likeness (QED) is 0.868. The average molecular weight is 385 g/mol. The first-order valence-corrected chi connectivity index (χ1v) is 8.08. The van der Waals surface area contributed by atoms with Crippen LogP contribution in [0.25, 0.3) is 11.3 Å². The van der Waals surface area contributed by atoms with E-state index in [9.17, 15) is 0 Å². The molecule has 120 valence electrons. The summed E-state index contributed by atoms with van der Waals surface area (Å²) in [6, 6.07) is 5.86. The monoisotopic (exact) mass is 384 g/mol. The van der Waals surface area contributed by atoms with E-state index in [0.717, 1.165) is 35.8 Å². The van der Waals surface area contributed by atoms with Crippen LogP contribution in [0.4, 0.5) is 0 Å². The summed E-state index contributed by atoms with van der Waals surface area (Å²) < 4.78 is 10.7. The van der Waals surface area contributed by atoms with Gasteiger partial charge in [-0.25, -0.2) is 4.98 Å². The predicted molar refractivity (Wildman–Crippen MR) is 95.8 cm³/mol. The van der Waals surface area contributed by atoms with Crippen LogP contribution in [-0.4, -0.2) is 32.3 Å². The van der Waals surface area contributed by atoms with Crippen LogP contribution in [0.15, 0.2) is 23.6 Å². The minimum Gasteiger partial charge on any atom is -0.497 e. The largest absolute Gasteiger partial charge is 0.497 e. The van der Waals surface area contributed by atoms with Crippen LogP contribution >= 0.6 is 28.3 Å². The number of rotatable bonds is 4. The highest BCUT2D eigenvalue weighted by atomic mass is 79.9. The fourth-order valence-corrected chi connectivity index (χ4v) is 3.67. The zero-order valence-electron chi connectivity index (χ0n) is 12.8. The summed E-state index contributed by atoms with van der Waals surface area (Å²) >= 11 is 1.75. The molecular formula is C16H21BrN2O2S. The molecule has 1 aromatic carbocycles. The van der Waals surface area contributed by atoms with Crippen molar-refractivity contribution in [3.05, 3.63) is 28.6 Å². The normalized spacial score (nSPS) is 15.2. The van der Waals surface area contributed by atoms with E-state index in [1.807, 2.05) is 18.2 Å². The van der Waals surface area contributed by atoms with E-state index in [4.69, 9.17) is 14.5 Å². The third-order valence-electron chi connectivity index (χ3n) is 3.89. The summed E-state index contributed by atoms with van der Waals surface area (Å²) in [6.07, 6.45) is 2.35. The lowest BCUT2D eigenvalue weighted by molar-refractivity contribution is 0.395. The fraction of sp³-hybridized carbons (Fsp3) is 0.438. The summed E-state index contributed by atoms with van der Waals surface area (Å²) in [5.74, 6) is 2.19. The van der Waals surface area contributed by atoms with Gasteiger partial charge in [0.1, 0.15) is 11.5 Å². The van der Waals surface area contributed by atoms with Crippen molar-refractivity contribution < 1.29 is 9.47 Å². The lowest BCUT2D eigenvalue weighted by Crippen LogP contribution is -2.26. The Balaban J connectivity index is 0.00000176. The first-order chi connectivity index (χ1) is 10.3. The summed E-state index contributed by atoms with van der Waals surface area (Å²) in [6.45, 7) is 2.18. The van der Waals surface area contributed by atoms with E-state index in [0.29, 0.717) is 5.92 Å². The molecule has 6 heteroatoms. The van der Waals surface area contributed by atoms with Gasteiger partial charge in [-0.1, -0.05) is 0 Å². The average Bonchev–Trinajstić information content (AvgIpc) is 3.04. The molecule has 1 fully saturated rings. The number of thiazole rings is 1. The molecule has 4 nitrogen and oxygen atoms in total. The van der Waals surface area contributed by atoms with E-state index in [1.54, 1.807) is 25.6 Å². The Bertz CT molecular complexity index is 612. The maximum atomic E-state index is 5.47. The van der Waals surface area contributed by atoms with E-state index in [-0.39, 0.29) is 17.0 Å². The van der Waals surface area contributed by atoms with Crippen LogP contribution in [0.1, 0.15) is 23.8 Å². The predicted octanol–water partition coefficient (Wildman–Crippen LogP) is 3.87. The summed E-state index contributed by atoms with van der Waals surface area (Å²) in [5.41, 5.74) is 2.02. The molecule has 0 saturated carbocycles. The Kier molecular flexibility index (Phi) is 6.23. The smallest absolute Gasteiger partial charge is 0.131 e. The molecule has 0 aliphatic carbocycles. The third kappa shape index (κ3) is 3.62. The van der Waals surface area contributed by atoms with E-state index in [2.05, 4.69) is 10.7 Å². The summed E-state index contributed by atoms with van der Waals surface area (Å²) in [5, 5.41) is 6.76. The molecule has 0 bridgehead atoms. The van der Waals surface area contributed by atoms with Crippen LogP contribution in [-0.2, 0) is 0 Å². The molecular weight excluding hydrogens is 364 g/mol. The van der Waals surface area contributed by atoms with Gasteiger partial charge in [0.15, 0.2) is 0 Å². The van der Waals surface area contributed by atoms with Gasteiger partial charge in [0.05, 0.1) is 24.9 Å². The maximum Gasteiger partial charge on any atom is 0.131 e. The van der Waals surface area contributed by atoms with Crippen molar-refractivity contribution in [1.29, 1.82) is 0 Å². The van der Waals surface area contributed by atoms with Crippen molar-refractivity contribution in [2.24, 2.45) is 0 Å². The molecule has 1 aromatic heterocycles. The summed E-state index contributed by atoms with van der Waals surface area (Å²) in [4.78, 5) is 4.84. The molecule has 0 spiro atoms. The molecule has 0 radical (unpaired) electrons. The van der Waals surface area contributed by atoms with E-state index in [1.165, 1.54) is 17.8 Å². The summed E-state index contributed by atoms with van der Waals surface area (Å²) in [7, 11) is 3.34. The Morgan fingerprint density at radius 1 is 1.18 bits per heavy atom. The Morgan fingerprint density at radius 3 is 2.64 bits per heavy atom. The zero-order chi connectivity index (χ0) is 14.7. The standard InChI is InChI=1S/C16H20N2O2S.BrH/c1-19-12-3-4-13(15(9-12)20-2)14-10-21-16(18-14)11-5-7-17-8-6-11;/h3-4,9-11,17H,5-8H2,1-2H3;1H. The molecule has 2 aromatic rings. The van der Waals surface area contributed by atoms with Gasteiger partial charge >= 0.3 is 0 Å². The van der Waals surface area contributed by atoms with Crippen molar-refractivity contribution in [3.8, 4) is 22.8 Å². The minimum absolute atomic E-state index is 0. The molecule has 1 saturated heterocycles. The lowest BCUT2D eigenvalue weighted by Gasteiger charge is -2.20. The van der Waals surface area contributed by atoms with Gasteiger partial charge in [0.2, 0.25) is 0 Å². The van der Waals surface area contributed by atoms with Crippen LogP contribution < -0.4 is 14.8 Å². The van der Waals surface area contributed by atoms with Crippen molar-refractivity contribution in [2.45, 2.75) is 18.8 Å². The Hall–Kier alpha value is -1.11. The number of nitrogens with zero attached hydrogens (tertiary/aromatic N) is 1. The number of methoxy groups -OCH3 is 2. The molecule has 0 amide bonds. The number of ether oxygens (including phenoxy) is 2. The van der Waals surface area contributed by atoms with Gasteiger partial charge < -0.3 is 14.8 Å². The van der Waals surface area contributed by atoms with Crippen molar-refractivity contribution >= 4 is 28.3 Å². The van der Waals surface area contributed by atoms with Crippen LogP contribution in [0.2, 0.25) is 0 Å². The molecule has 22 heavy (non-hydrogen) atoms. The van der Waals surface area contributed by atoms with E-state index >= 15 is 0 Å².